The van der Waals surface area contributed by atoms with Crippen LogP contribution in [0.3, 0.4) is 0 Å². The van der Waals surface area contributed by atoms with Crippen molar-refractivity contribution in [3.8, 4) is 0 Å². The molecule has 0 saturated carbocycles. The lowest BCUT2D eigenvalue weighted by Gasteiger charge is -1.93. The lowest BCUT2D eigenvalue weighted by Crippen LogP contribution is -1.79. The van der Waals surface area contributed by atoms with Gasteiger partial charge in [-0.05, 0) is 37.1 Å². The molecule has 0 aliphatic rings. The van der Waals surface area contributed by atoms with Crippen molar-refractivity contribution in [3.05, 3.63) is 23.8 Å². The standard InChI is InChI=1S/C11H12N2OS2/c1-7-4-5-8-9(6-7)14-10(12-8)13-11(15-2)16-3/h4-6H,1-3H3. The molecule has 16 heavy (non-hydrogen) atoms. The Morgan fingerprint density at radius 3 is 2.75 bits per heavy atom. The molecule has 0 bridgehead atoms. The molecular weight excluding hydrogens is 240 g/mol. The molecule has 2 aromatic rings. The normalized spacial score (nSPS) is 10.7. The number of aliphatic imine (C=N–C) groups is 1. The highest BCUT2D eigenvalue weighted by Gasteiger charge is 2.05. The Hall–Kier alpha value is -0.940. The predicted molar refractivity (Wildman–Crippen MR) is 72.9 cm³/mol. The van der Waals surface area contributed by atoms with Crippen molar-refractivity contribution in [1.82, 2.24) is 4.98 Å². The molecule has 5 heteroatoms. The Morgan fingerprint density at radius 2 is 2.06 bits per heavy atom. The molecule has 84 valence electrons. The van der Waals surface area contributed by atoms with Gasteiger partial charge in [0.05, 0.1) is 0 Å². The van der Waals surface area contributed by atoms with E-state index >= 15 is 0 Å². The van der Waals surface area contributed by atoms with E-state index < -0.39 is 0 Å². The summed E-state index contributed by atoms with van der Waals surface area (Å²) in [5.41, 5.74) is 2.81. The Kier molecular flexibility index (Phi) is 3.56. The van der Waals surface area contributed by atoms with Gasteiger partial charge in [-0.3, -0.25) is 0 Å². The zero-order chi connectivity index (χ0) is 11.5. The predicted octanol–water partition coefficient (Wildman–Crippen LogP) is 3.85. The van der Waals surface area contributed by atoms with Gasteiger partial charge >= 0.3 is 6.01 Å². The summed E-state index contributed by atoms with van der Waals surface area (Å²) in [7, 11) is 0. The second kappa shape index (κ2) is 4.93. The van der Waals surface area contributed by atoms with Gasteiger partial charge in [-0.25, -0.2) is 0 Å². The molecule has 2 rings (SSSR count). The van der Waals surface area contributed by atoms with Crippen LogP contribution in [0.2, 0.25) is 0 Å². The maximum absolute atomic E-state index is 5.56. The van der Waals surface area contributed by atoms with Crippen molar-refractivity contribution in [1.29, 1.82) is 0 Å². The van der Waals surface area contributed by atoms with Gasteiger partial charge in [0.15, 0.2) is 5.58 Å². The van der Waals surface area contributed by atoms with Crippen LogP contribution in [0.25, 0.3) is 11.1 Å². The van der Waals surface area contributed by atoms with Gasteiger partial charge in [0, 0.05) is 0 Å². The monoisotopic (exact) mass is 252 g/mol. The van der Waals surface area contributed by atoms with Gasteiger partial charge in [0.25, 0.3) is 0 Å². The molecule has 0 N–H and O–H groups in total. The molecular formula is C11H12N2OS2. The van der Waals surface area contributed by atoms with E-state index in [4.69, 9.17) is 4.42 Å². The van der Waals surface area contributed by atoms with Crippen LogP contribution in [0.5, 0.6) is 0 Å². The molecule has 1 heterocycles. The Balaban J connectivity index is 2.43. The van der Waals surface area contributed by atoms with Crippen molar-refractivity contribution in [2.45, 2.75) is 6.92 Å². The van der Waals surface area contributed by atoms with Crippen LogP contribution in [-0.2, 0) is 0 Å². The van der Waals surface area contributed by atoms with Crippen LogP contribution in [0, 0.1) is 6.92 Å². The molecule has 1 aromatic heterocycles. The van der Waals surface area contributed by atoms with E-state index in [1.54, 1.807) is 23.5 Å². The fourth-order valence-electron chi connectivity index (χ4n) is 1.32. The molecule has 0 fully saturated rings. The second-order valence-electron chi connectivity index (χ2n) is 3.25. The molecule has 3 nitrogen and oxygen atoms in total. The number of hydrogen-bond acceptors (Lipinski definition) is 5. The number of aromatic nitrogens is 1. The fraction of sp³-hybridized carbons (Fsp3) is 0.273. The number of hydrogen-bond donors (Lipinski definition) is 0. The van der Waals surface area contributed by atoms with Crippen molar-refractivity contribution >= 4 is 45.0 Å². The van der Waals surface area contributed by atoms with Gasteiger partial charge in [0.2, 0.25) is 0 Å². The van der Waals surface area contributed by atoms with Crippen LogP contribution in [-0.4, -0.2) is 21.9 Å². The van der Waals surface area contributed by atoms with Crippen LogP contribution in [0.1, 0.15) is 5.56 Å². The first-order chi connectivity index (χ1) is 7.72. The molecule has 0 spiro atoms. The zero-order valence-corrected chi connectivity index (χ0v) is 11.0. The van der Waals surface area contributed by atoms with Crippen LogP contribution < -0.4 is 0 Å². The lowest BCUT2D eigenvalue weighted by molar-refractivity contribution is 0.614. The smallest absolute Gasteiger partial charge is 0.324 e. The van der Waals surface area contributed by atoms with Crippen molar-refractivity contribution < 1.29 is 4.42 Å². The molecule has 1 aromatic carbocycles. The van der Waals surface area contributed by atoms with Gasteiger partial charge in [-0.2, -0.15) is 9.98 Å². The van der Waals surface area contributed by atoms with Gasteiger partial charge in [-0.1, -0.05) is 6.07 Å². The molecule has 0 atom stereocenters. The number of nitrogens with zero attached hydrogens (tertiary/aromatic N) is 2. The summed E-state index contributed by atoms with van der Waals surface area (Å²) in [6.07, 6.45) is 3.98. The van der Waals surface area contributed by atoms with E-state index in [9.17, 15) is 0 Å². The quantitative estimate of drug-likeness (QED) is 0.571. The molecule has 0 aliphatic carbocycles. The minimum atomic E-state index is 0.430. The highest BCUT2D eigenvalue weighted by atomic mass is 32.2. The van der Waals surface area contributed by atoms with Crippen LogP contribution >= 0.6 is 23.5 Å². The average Bonchev–Trinajstić information content (AvgIpc) is 2.67. The van der Waals surface area contributed by atoms with Crippen LogP contribution in [0.4, 0.5) is 6.01 Å². The SMILES string of the molecule is CSC(=Nc1nc2ccc(C)cc2o1)SC. The average molecular weight is 252 g/mol. The van der Waals surface area contributed by atoms with Gasteiger partial charge in [-0.15, -0.1) is 23.5 Å². The highest BCUT2D eigenvalue weighted by molar-refractivity contribution is 8.38. The summed E-state index contributed by atoms with van der Waals surface area (Å²) in [6, 6.07) is 6.37. The Morgan fingerprint density at radius 1 is 1.31 bits per heavy atom. The summed E-state index contributed by atoms with van der Waals surface area (Å²) < 4.78 is 6.51. The molecule has 0 aliphatic heterocycles. The summed E-state index contributed by atoms with van der Waals surface area (Å²) in [5, 5.41) is 0. The Bertz CT molecular complexity index is 528. The number of thioether (sulfide) groups is 2. The second-order valence-corrected chi connectivity index (χ2v) is 5.10. The largest absolute Gasteiger partial charge is 0.422 e. The molecule has 0 unspecified atom stereocenters. The first kappa shape index (κ1) is 11.5. The molecule has 0 saturated heterocycles. The third-order valence-corrected chi connectivity index (χ3v) is 3.95. The van der Waals surface area contributed by atoms with E-state index in [1.807, 2.05) is 37.6 Å². The van der Waals surface area contributed by atoms with E-state index in [1.165, 1.54) is 0 Å². The third-order valence-electron chi connectivity index (χ3n) is 2.07. The minimum Gasteiger partial charge on any atom is -0.422 e. The van der Waals surface area contributed by atoms with E-state index in [0.717, 1.165) is 21.0 Å². The van der Waals surface area contributed by atoms with Gasteiger partial charge < -0.3 is 4.42 Å². The highest BCUT2D eigenvalue weighted by Crippen LogP contribution is 2.24. The lowest BCUT2D eigenvalue weighted by atomic mass is 10.2. The number of benzene rings is 1. The van der Waals surface area contributed by atoms with E-state index in [0.29, 0.717) is 6.01 Å². The minimum absolute atomic E-state index is 0.430. The van der Waals surface area contributed by atoms with Crippen molar-refractivity contribution in [2.24, 2.45) is 4.99 Å². The van der Waals surface area contributed by atoms with E-state index in [-0.39, 0.29) is 0 Å². The zero-order valence-electron chi connectivity index (χ0n) is 9.35. The van der Waals surface area contributed by atoms with Crippen molar-refractivity contribution in [3.63, 3.8) is 0 Å². The van der Waals surface area contributed by atoms with Crippen LogP contribution in [0.15, 0.2) is 27.6 Å². The number of rotatable bonds is 1. The number of aryl methyl sites for hydroxylation is 1. The number of oxazole rings is 1. The molecule has 0 amide bonds. The first-order valence-electron chi connectivity index (χ1n) is 4.77. The van der Waals surface area contributed by atoms with E-state index in [2.05, 4.69) is 9.98 Å². The summed E-state index contributed by atoms with van der Waals surface area (Å²) in [5.74, 6) is 0. The first-order valence-corrected chi connectivity index (χ1v) is 7.21. The maximum Gasteiger partial charge on any atom is 0.324 e. The maximum atomic E-state index is 5.56. The summed E-state index contributed by atoms with van der Waals surface area (Å²) in [4.78, 5) is 8.64. The summed E-state index contributed by atoms with van der Waals surface area (Å²) >= 11 is 3.18. The van der Waals surface area contributed by atoms with Crippen molar-refractivity contribution in [2.75, 3.05) is 12.5 Å². The summed E-state index contributed by atoms with van der Waals surface area (Å²) in [6.45, 7) is 2.03. The van der Waals surface area contributed by atoms with Gasteiger partial charge in [0.1, 0.15) is 9.89 Å². The third kappa shape index (κ3) is 2.41. The number of fused-ring (bicyclic) bond motifs is 1. The Labute approximate surface area is 103 Å². The topological polar surface area (TPSA) is 38.4 Å². The fourth-order valence-corrected chi connectivity index (χ4v) is 2.33. The molecule has 0 radical (unpaired) electrons.